The Balaban J connectivity index is 0.00000136. The van der Waals surface area contributed by atoms with Crippen LogP contribution in [0.4, 0.5) is 10.5 Å². The molecular weight excluding hydrogens is 392 g/mol. The molecule has 0 atom stereocenters. The molecule has 1 fully saturated rings. The summed E-state index contributed by atoms with van der Waals surface area (Å²) in [5, 5.41) is 0. The van der Waals surface area contributed by atoms with Crippen LogP contribution in [0.15, 0.2) is 52.3 Å². The smallest absolute Gasteiger partial charge is 0.411 e. The molecule has 0 aliphatic carbocycles. The number of carbonyl (C=O) groups excluding carboxylic acids is 1. The maximum atomic E-state index is 11.8. The molecule has 0 saturated carbocycles. The van der Waals surface area contributed by atoms with Gasteiger partial charge in [0.05, 0.1) is 5.69 Å². The standard InChI is InChI=1S/C20H23ClN2O2S.C2H6/c1-15-7-8-18(16(2)13-15)26-19-6-4-3-5-17(19)22-9-11-23(12-10-22)20(24)25-14-21;1-2/h3-8,13H,9-12,14H2,1-2H3;1-2H3. The molecule has 2 aromatic rings. The molecule has 152 valence electrons. The van der Waals surface area contributed by atoms with Gasteiger partial charge in [0.15, 0.2) is 6.07 Å². The SMILES string of the molecule is CC.Cc1ccc(Sc2ccccc2N2CCN(C(=O)OCCl)CC2)c(C)c1. The van der Waals surface area contributed by atoms with E-state index in [1.54, 1.807) is 16.7 Å². The van der Waals surface area contributed by atoms with Crippen LogP contribution in [-0.4, -0.2) is 43.2 Å². The third-order valence-corrected chi connectivity index (χ3v) is 5.82. The van der Waals surface area contributed by atoms with E-state index in [0.717, 1.165) is 13.1 Å². The number of hydrogen-bond donors (Lipinski definition) is 0. The zero-order valence-corrected chi connectivity index (χ0v) is 18.6. The molecule has 1 aliphatic rings. The lowest BCUT2D eigenvalue weighted by Crippen LogP contribution is -2.49. The summed E-state index contributed by atoms with van der Waals surface area (Å²) in [5.41, 5.74) is 3.78. The van der Waals surface area contributed by atoms with Gasteiger partial charge in [0.25, 0.3) is 0 Å². The van der Waals surface area contributed by atoms with Gasteiger partial charge in [0.1, 0.15) is 0 Å². The fraction of sp³-hybridized carbons (Fsp3) is 0.409. The number of anilines is 1. The number of amides is 1. The van der Waals surface area contributed by atoms with E-state index < -0.39 is 0 Å². The predicted octanol–water partition coefficient (Wildman–Crippen LogP) is 5.94. The number of ether oxygens (including phenoxy) is 1. The first-order valence-corrected chi connectivity index (χ1v) is 11.0. The monoisotopic (exact) mass is 420 g/mol. The van der Waals surface area contributed by atoms with Crippen molar-refractivity contribution in [2.24, 2.45) is 0 Å². The zero-order valence-electron chi connectivity index (χ0n) is 17.1. The highest BCUT2D eigenvalue weighted by Gasteiger charge is 2.23. The first kappa shape index (κ1) is 22.4. The highest BCUT2D eigenvalue weighted by Crippen LogP contribution is 2.37. The summed E-state index contributed by atoms with van der Waals surface area (Å²) in [7, 11) is 0. The van der Waals surface area contributed by atoms with E-state index in [0.29, 0.717) is 13.1 Å². The quantitative estimate of drug-likeness (QED) is 0.573. The molecule has 0 spiro atoms. The van der Waals surface area contributed by atoms with Gasteiger partial charge >= 0.3 is 6.09 Å². The van der Waals surface area contributed by atoms with Crippen molar-refractivity contribution < 1.29 is 9.53 Å². The van der Waals surface area contributed by atoms with Crippen LogP contribution in [0.5, 0.6) is 0 Å². The second kappa shape index (κ2) is 11.2. The Bertz CT molecular complexity index is 777. The van der Waals surface area contributed by atoms with E-state index >= 15 is 0 Å². The third-order valence-electron chi connectivity index (χ3n) is 4.47. The number of benzene rings is 2. The van der Waals surface area contributed by atoms with Crippen molar-refractivity contribution in [1.82, 2.24) is 4.90 Å². The Kier molecular flexibility index (Phi) is 9.00. The summed E-state index contributed by atoms with van der Waals surface area (Å²) < 4.78 is 4.88. The van der Waals surface area contributed by atoms with E-state index in [-0.39, 0.29) is 12.2 Å². The summed E-state index contributed by atoms with van der Waals surface area (Å²) in [4.78, 5) is 18.4. The minimum Gasteiger partial charge on any atom is -0.433 e. The highest BCUT2D eigenvalue weighted by atomic mass is 35.5. The Morgan fingerprint density at radius 2 is 1.71 bits per heavy atom. The fourth-order valence-electron chi connectivity index (χ4n) is 3.10. The second-order valence-corrected chi connectivity index (χ2v) is 7.63. The number of para-hydroxylation sites is 1. The topological polar surface area (TPSA) is 32.8 Å². The van der Waals surface area contributed by atoms with Gasteiger partial charge in [-0.15, -0.1) is 0 Å². The molecule has 0 radical (unpaired) electrons. The lowest BCUT2D eigenvalue weighted by atomic mass is 10.2. The molecule has 1 heterocycles. The predicted molar refractivity (Wildman–Crippen MR) is 119 cm³/mol. The van der Waals surface area contributed by atoms with Crippen LogP contribution in [0.3, 0.4) is 0 Å². The van der Waals surface area contributed by atoms with Crippen LogP contribution in [0.1, 0.15) is 25.0 Å². The summed E-state index contributed by atoms with van der Waals surface area (Å²) in [6.45, 7) is 11.1. The average molecular weight is 421 g/mol. The molecule has 1 saturated heterocycles. The van der Waals surface area contributed by atoms with Crippen molar-refractivity contribution >= 4 is 35.1 Å². The fourth-order valence-corrected chi connectivity index (χ4v) is 4.24. The Morgan fingerprint density at radius 3 is 2.36 bits per heavy atom. The molecule has 28 heavy (non-hydrogen) atoms. The number of halogens is 1. The van der Waals surface area contributed by atoms with Gasteiger partial charge in [-0.1, -0.05) is 67.0 Å². The van der Waals surface area contributed by atoms with Crippen LogP contribution in [0.25, 0.3) is 0 Å². The first-order valence-electron chi connectivity index (χ1n) is 9.65. The molecule has 3 rings (SSSR count). The summed E-state index contributed by atoms with van der Waals surface area (Å²) in [6.07, 6.45) is -0.336. The first-order chi connectivity index (χ1) is 13.6. The number of piperazine rings is 1. The minimum absolute atomic E-state index is 0.103. The zero-order chi connectivity index (χ0) is 20.5. The molecule has 4 nitrogen and oxygen atoms in total. The van der Waals surface area contributed by atoms with Crippen molar-refractivity contribution in [3.05, 3.63) is 53.6 Å². The largest absolute Gasteiger partial charge is 0.433 e. The van der Waals surface area contributed by atoms with Crippen LogP contribution >= 0.6 is 23.4 Å². The van der Waals surface area contributed by atoms with E-state index in [1.165, 1.54) is 26.6 Å². The molecule has 2 aromatic carbocycles. The summed E-state index contributed by atoms with van der Waals surface area (Å²) in [6, 6.07) is 14.9. The number of aryl methyl sites for hydroxylation is 2. The van der Waals surface area contributed by atoms with E-state index in [4.69, 9.17) is 16.3 Å². The van der Waals surface area contributed by atoms with Gasteiger partial charge < -0.3 is 14.5 Å². The van der Waals surface area contributed by atoms with E-state index in [1.807, 2.05) is 13.8 Å². The van der Waals surface area contributed by atoms with Crippen LogP contribution in [-0.2, 0) is 4.74 Å². The number of nitrogens with zero attached hydrogens (tertiary/aromatic N) is 2. The molecule has 6 heteroatoms. The van der Waals surface area contributed by atoms with Crippen molar-refractivity contribution in [2.75, 3.05) is 37.1 Å². The van der Waals surface area contributed by atoms with E-state index in [2.05, 4.69) is 61.2 Å². The van der Waals surface area contributed by atoms with Crippen molar-refractivity contribution in [3.8, 4) is 0 Å². The Hall–Kier alpha value is -1.85. The molecular formula is C22H29ClN2O2S. The van der Waals surface area contributed by atoms with Gasteiger partial charge in [-0.05, 0) is 37.6 Å². The lowest BCUT2D eigenvalue weighted by Gasteiger charge is -2.36. The number of hydrogen-bond acceptors (Lipinski definition) is 4. The van der Waals surface area contributed by atoms with Gasteiger partial charge in [0.2, 0.25) is 0 Å². The summed E-state index contributed by atoms with van der Waals surface area (Å²) in [5.74, 6) is 0. The van der Waals surface area contributed by atoms with Crippen LogP contribution in [0, 0.1) is 13.8 Å². The Labute approximate surface area is 177 Å². The number of rotatable bonds is 4. The van der Waals surface area contributed by atoms with Crippen molar-refractivity contribution in [3.63, 3.8) is 0 Å². The molecule has 0 bridgehead atoms. The van der Waals surface area contributed by atoms with Gasteiger partial charge in [-0.25, -0.2) is 4.79 Å². The maximum absolute atomic E-state index is 11.8. The minimum atomic E-state index is -0.336. The van der Waals surface area contributed by atoms with Gasteiger partial charge in [-0.3, -0.25) is 0 Å². The van der Waals surface area contributed by atoms with Gasteiger partial charge in [-0.2, -0.15) is 0 Å². The molecule has 0 unspecified atom stereocenters. The third kappa shape index (κ3) is 5.82. The van der Waals surface area contributed by atoms with Crippen LogP contribution in [0.2, 0.25) is 0 Å². The number of carbonyl (C=O) groups is 1. The molecule has 0 N–H and O–H groups in total. The maximum Gasteiger partial charge on any atom is 0.411 e. The van der Waals surface area contributed by atoms with Crippen molar-refractivity contribution in [1.29, 1.82) is 0 Å². The number of alkyl halides is 1. The second-order valence-electron chi connectivity index (χ2n) is 6.33. The molecule has 1 aliphatic heterocycles. The highest BCUT2D eigenvalue weighted by molar-refractivity contribution is 7.99. The molecule has 0 aromatic heterocycles. The normalized spacial score (nSPS) is 13.6. The lowest BCUT2D eigenvalue weighted by molar-refractivity contribution is 0.115. The van der Waals surface area contributed by atoms with Gasteiger partial charge in [0, 0.05) is 36.0 Å². The van der Waals surface area contributed by atoms with Crippen molar-refractivity contribution in [2.45, 2.75) is 37.5 Å². The van der Waals surface area contributed by atoms with E-state index in [9.17, 15) is 4.79 Å². The Morgan fingerprint density at radius 1 is 1.04 bits per heavy atom. The molecule has 1 amide bonds. The summed E-state index contributed by atoms with van der Waals surface area (Å²) >= 11 is 7.27. The average Bonchev–Trinajstić information content (AvgIpc) is 2.72. The van der Waals surface area contributed by atoms with Crippen LogP contribution < -0.4 is 4.90 Å².